The van der Waals surface area contributed by atoms with Gasteiger partial charge in [-0.25, -0.2) is 0 Å². The third kappa shape index (κ3) is 2.62. The first-order chi connectivity index (χ1) is 7.37. The smallest absolute Gasteiger partial charge is 0.314 e. The minimum Gasteiger partial charge on any atom is -0.393 e. The molecule has 3 N–H and O–H groups in total. The fourth-order valence-electron chi connectivity index (χ4n) is 1.32. The molecule has 1 aromatic rings. The van der Waals surface area contributed by atoms with Crippen LogP contribution in [-0.2, 0) is 0 Å². The third-order valence-corrected chi connectivity index (χ3v) is 2.61. The van der Waals surface area contributed by atoms with E-state index in [2.05, 4.69) is 5.32 Å². The van der Waals surface area contributed by atoms with Crippen molar-refractivity contribution in [1.82, 2.24) is 0 Å². The Labute approximate surface area is 94.8 Å². The predicted molar refractivity (Wildman–Crippen MR) is 65.5 cm³/mol. The van der Waals surface area contributed by atoms with Gasteiger partial charge >= 0.3 is 5.69 Å². The molecule has 5 nitrogen and oxygen atoms in total. The van der Waals surface area contributed by atoms with E-state index in [9.17, 15) is 10.1 Å². The van der Waals surface area contributed by atoms with Crippen molar-refractivity contribution in [3.63, 3.8) is 0 Å². The van der Waals surface area contributed by atoms with E-state index in [-0.39, 0.29) is 16.9 Å². The number of hydrogen-bond donors (Lipinski definition) is 2. The fraction of sp³-hybridized carbons (Fsp3) is 0.455. The van der Waals surface area contributed by atoms with E-state index in [4.69, 9.17) is 5.73 Å². The first-order valence-electron chi connectivity index (χ1n) is 5.18. The van der Waals surface area contributed by atoms with Gasteiger partial charge in [-0.05, 0) is 32.4 Å². The molecule has 0 fully saturated rings. The Bertz CT molecular complexity index is 402. The zero-order valence-corrected chi connectivity index (χ0v) is 9.78. The lowest BCUT2D eigenvalue weighted by Crippen LogP contribution is -2.30. The summed E-state index contributed by atoms with van der Waals surface area (Å²) in [5.41, 5.74) is 6.00. The van der Waals surface area contributed by atoms with E-state index < -0.39 is 4.92 Å². The number of nitrogens with zero attached hydrogens (tertiary/aromatic N) is 1. The molecule has 0 aromatic heterocycles. The summed E-state index contributed by atoms with van der Waals surface area (Å²) in [6.45, 7) is 5.99. The van der Waals surface area contributed by atoms with E-state index in [0.29, 0.717) is 5.69 Å². The summed E-state index contributed by atoms with van der Waals surface area (Å²) in [6.07, 6.45) is 0.860. The van der Waals surface area contributed by atoms with Gasteiger partial charge in [-0.3, -0.25) is 10.1 Å². The van der Waals surface area contributed by atoms with E-state index in [1.54, 1.807) is 12.1 Å². The number of benzene rings is 1. The average Bonchev–Trinajstić information content (AvgIpc) is 2.16. The van der Waals surface area contributed by atoms with Crippen molar-refractivity contribution in [2.75, 3.05) is 11.1 Å². The number of nitrogen functional groups attached to an aromatic ring is 1. The molecule has 0 saturated carbocycles. The topological polar surface area (TPSA) is 81.2 Å². The molecule has 88 valence electrons. The number of anilines is 2. The van der Waals surface area contributed by atoms with Crippen molar-refractivity contribution in [2.45, 2.75) is 32.7 Å². The van der Waals surface area contributed by atoms with Gasteiger partial charge in [0.1, 0.15) is 11.4 Å². The van der Waals surface area contributed by atoms with Gasteiger partial charge in [-0.1, -0.05) is 13.0 Å². The second-order valence-electron chi connectivity index (χ2n) is 4.36. The normalized spacial score (nSPS) is 11.2. The Morgan fingerprint density at radius 2 is 2.12 bits per heavy atom. The maximum atomic E-state index is 10.9. The summed E-state index contributed by atoms with van der Waals surface area (Å²) in [6, 6.07) is 4.91. The average molecular weight is 223 g/mol. The van der Waals surface area contributed by atoms with Crippen LogP contribution in [0.1, 0.15) is 27.2 Å². The standard InChI is InChI=1S/C11H17N3O2/c1-4-11(2,3)13-9-7-5-6-8(12)10(9)14(15)16/h5-7,13H,4,12H2,1-3H3. The van der Waals surface area contributed by atoms with Crippen LogP contribution < -0.4 is 11.1 Å². The lowest BCUT2D eigenvalue weighted by Gasteiger charge is -2.25. The second-order valence-corrected chi connectivity index (χ2v) is 4.36. The highest BCUT2D eigenvalue weighted by molar-refractivity contribution is 5.74. The van der Waals surface area contributed by atoms with Crippen LogP contribution in [-0.4, -0.2) is 10.5 Å². The van der Waals surface area contributed by atoms with Crippen LogP contribution in [0.15, 0.2) is 18.2 Å². The van der Waals surface area contributed by atoms with Crippen molar-refractivity contribution in [1.29, 1.82) is 0 Å². The van der Waals surface area contributed by atoms with Gasteiger partial charge in [0.15, 0.2) is 0 Å². The molecular formula is C11H17N3O2. The zero-order valence-electron chi connectivity index (χ0n) is 9.78. The number of hydrogen-bond acceptors (Lipinski definition) is 4. The van der Waals surface area contributed by atoms with Gasteiger partial charge in [0.2, 0.25) is 0 Å². The summed E-state index contributed by atoms with van der Waals surface area (Å²) >= 11 is 0. The number of nitrogens with two attached hydrogens (primary N) is 1. The van der Waals surface area contributed by atoms with Crippen LogP contribution in [0.2, 0.25) is 0 Å². The van der Waals surface area contributed by atoms with Crippen LogP contribution in [0.4, 0.5) is 17.1 Å². The third-order valence-electron chi connectivity index (χ3n) is 2.61. The maximum Gasteiger partial charge on any atom is 0.314 e. The maximum absolute atomic E-state index is 10.9. The van der Waals surface area contributed by atoms with Crippen molar-refractivity contribution >= 4 is 17.1 Å². The SMILES string of the molecule is CCC(C)(C)Nc1cccc(N)c1[N+](=O)[O-]. The lowest BCUT2D eigenvalue weighted by molar-refractivity contribution is -0.383. The number of nitrogens with one attached hydrogen (secondary N) is 1. The number of nitro groups is 1. The van der Waals surface area contributed by atoms with E-state index in [1.165, 1.54) is 6.07 Å². The second kappa shape index (κ2) is 4.38. The Kier molecular flexibility index (Phi) is 3.37. The molecule has 0 heterocycles. The Morgan fingerprint density at radius 1 is 1.50 bits per heavy atom. The molecule has 0 aliphatic carbocycles. The summed E-state index contributed by atoms with van der Waals surface area (Å²) in [7, 11) is 0. The van der Waals surface area contributed by atoms with E-state index in [0.717, 1.165) is 6.42 Å². The van der Waals surface area contributed by atoms with Gasteiger partial charge in [0.25, 0.3) is 0 Å². The van der Waals surface area contributed by atoms with Gasteiger partial charge in [-0.15, -0.1) is 0 Å². The van der Waals surface area contributed by atoms with E-state index >= 15 is 0 Å². The lowest BCUT2D eigenvalue weighted by atomic mass is 10.0. The van der Waals surface area contributed by atoms with Gasteiger partial charge in [-0.2, -0.15) is 0 Å². The molecule has 0 spiro atoms. The zero-order chi connectivity index (χ0) is 12.3. The summed E-state index contributed by atoms with van der Waals surface area (Å²) in [4.78, 5) is 10.4. The molecule has 0 aliphatic heterocycles. The van der Waals surface area contributed by atoms with Gasteiger partial charge in [0, 0.05) is 5.54 Å². The molecule has 1 aromatic carbocycles. The molecule has 0 saturated heterocycles. The van der Waals surface area contributed by atoms with Crippen molar-refractivity contribution in [3.8, 4) is 0 Å². The monoisotopic (exact) mass is 223 g/mol. The van der Waals surface area contributed by atoms with Gasteiger partial charge in [0.05, 0.1) is 4.92 Å². The molecule has 0 bridgehead atoms. The van der Waals surface area contributed by atoms with Crippen molar-refractivity contribution in [3.05, 3.63) is 28.3 Å². The quantitative estimate of drug-likeness (QED) is 0.467. The molecule has 16 heavy (non-hydrogen) atoms. The molecule has 1 rings (SSSR count). The summed E-state index contributed by atoms with van der Waals surface area (Å²) in [5.74, 6) is 0. The highest BCUT2D eigenvalue weighted by atomic mass is 16.6. The number of nitro benzene ring substituents is 1. The predicted octanol–water partition coefficient (Wildman–Crippen LogP) is 2.78. The van der Waals surface area contributed by atoms with Gasteiger partial charge < -0.3 is 11.1 Å². The van der Waals surface area contributed by atoms with Crippen LogP contribution in [0.25, 0.3) is 0 Å². The first-order valence-corrected chi connectivity index (χ1v) is 5.18. The van der Waals surface area contributed by atoms with E-state index in [1.807, 2.05) is 20.8 Å². The highest BCUT2D eigenvalue weighted by Crippen LogP contribution is 2.32. The Morgan fingerprint density at radius 3 is 2.62 bits per heavy atom. The molecule has 0 aliphatic rings. The van der Waals surface area contributed by atoms with Crippen molar-refractivity contribution in [2.24, 2.45) is 0 Å². The molecule has 0 amide bonds. The molecule has 0 unspecified atom stereocenters. The fourth-order valence-corrected chi connectivity index (χ4v) is 1.32. The minimum absolute atomic E-state index is 0.0518. The summed E-state index contributed by atoms with van der Waals surface area (Å²) in [5, 5.41) is 14.0. The first kappa shape index (κ1) is 12.3. The molecule has 5 heteroatoms. The molecule has 0 atom stereocenters. The van der Waals surface area contributed by atoms with Crippen LogP contribution in [0.3, 0.4) is 0 Å². The largest absolute Gasteiger partial charge is 0.393 e. The molecular weight excluding hydrogens is 206 g/mol. The van der Waals surface area contributed by atoms with Crippen molar-refractivity contribution < 1.29 is 4.92 Å². The minimum atomic E-state index is -0.455. The molecule has 0 radical (unpaired) electrons. The van der Waals surface area contributed by atoms with Crippen LogP contribution in [0.5, 0.6) is 0 Å². The van der Waals surface area contributed by atoms with Crippen LogP contribution >= 0.6 is 0 Å². The Balaban J connectivity index is 3.14. The number of para-hydroxylation sites is 1. The summed E-state index contributed by atoms with van der Waals surface area (Å²) < 4.78 is 0. The van der Waals surface area contributed by atoms with Crippen LogP contribution in [0, 0.1) is 10.1 Å². The number of rotatable bonds is 4. The highest BCUT2D eigenvalue weighted by Gasteiger charge is 2.22. The Hall–Kier alpha value is -1.78.